The molecule has 0 aliphatic carbocycles. The average molecular weight is 98.1 g/mol. The van der Waals surface area contributed by atoms with Crippen LogP contribution in [0.1, 0.15) is 6.92 Å². The molecule has 0 amide bonds. The van der Waals surface area contributed by atoms with Gasteiger partial charge in [-0.15, -0.1) is 0 Å². The molecule has 0 N–H and O–H groups in total. The number of hydrogen-bond acceptors (Lipinski definition) is 0. The minimum Gasteiger partial charge on any atom is -0.0972 e. The molecule has 1 aliphatic rings. The summed E-state index contributed by atoms with van der Waals surface area (Å²) in [6, 6.07) is 0. The molecule has 1 heterocycles. The third-order valence-electron chi connectivity index (χ3n) is 0.797. The molecule has 0 radical (unpaired) electrons. The second-order valence-corrected chi connectivity index (χ2v) is 2.83. The van der Waals surface area contributed by atoms with Gasteiger partial charge in [0.1, 0.15) is 0 Å². The first-order chi connectivity index (χ1) is 2.89. The van der Waals surface area contributed by atoms with E-state index >= 15 is 0 Å². The van der Waals surface area contributed by atoms with Crippen LogP contribution in [-0.4, -0.2) is 11.5 Å². The molecule has 1 heteroatoms. The van der Waals surface area contributed by atoms with Crippen LogP contribution in [-0.2, 0) is 0 Å². The summed E-state index contributed by atoms with van der Waals surface area (Å²) in [4.78, 5) is 0. The Morgan fingerprint density at radius 2 is 2.50 bits per heavy atom. The topological polar surface area (TPSA) is 0 Å². The van der Waals surface area contributed by atoms with E-state index in [1.54, 1.807) is 0 Å². The fourth-order valence-electron chi connectivity index (χ4n) is 0.446. The highest BCUT2D eigenvalue weighted by molar-refractivity contribution is 7.40. The molecular weight excluding hydrogens is 91.0 g/mol. The molecule has 0 bridgehead atoms. The Labute approximate surface area is 39.7 Å². The standard InChI is InChI=1S/C5H7P/c1-5-3-2-4-6-5/h2-5H,1H3. The van der Waals surface area contributed by atoms with Crippen LogP contribution >= 0.6 is 8.20 Å². The van der Waals surface area contributed by atoms with Gasteiger partial charge in [-0.2, -0.15) is 0 Å². The zero-order chi connectivity index (χ0) is 4.41. The second kappa shape index (κ2) is 1.57. The minimum atomic E-state index is 0.782. The third kappa shape index (κ3) is 0.693. The van der Waals surface area contributed by atoms with Gasteiger partial charge in [-0.05, 0) is 5.80 Å². The Morgan fingerprint density at radius 3 is 2.67 bits per heavy atom. The number of allylic oxidation sites excluding steroid dienone is 2. The monoisotopic (exact) mass is 98.0 g/mol. The molecule has 0 aromatic heterocycles. The maximum absolute atomic E-state index is 2.21. The van der Waals surface area contributed by atoms with Crippen LogP contribution in [0.25, 0.3) is 0 Å². The highest BCUT2D eigenvalue weighted by Gasteiger charge is 1.90. The third-order valence-corrected chi connectivity index (χ3v) is 1.78. The van der Waals surface area contributed by atoms with Crippen LogP contribution in [0.3, 0.4) is 0 Å². The molecule has 0 aromatic rings. The quantitative estimate of drug-likeness (QED) is 0.404. The summed E-state index contributed by atoms with van der Waals surface area (Å²) in [5.41, 5.74) is 0.782. The van der Waals surface area contributed by atoms with Gasteiger partial charge >= 0.3 is 0 Å². The van der Waals surface area contributed by atoms with Crippen molar-refractivity contribution in [2.24, 2.45) is 0 Å². The molecule has 1 atom stereocenters. The van der Waals surface area contributed by atoms with E-state index in [1.807, 2.05) is 0 Å². The largest absolute Gasteiger partial charge is 0.0972 e. The molecule has 6 heavy (non-hydrogen) atoms. The van der Waals surface area contributed by atoms with Gasteiger partial charge < -0.3 is 0 Å². The number of rotatable bonds is 0. The molecule has 1 unspecified atom stereocenters. The summed E-state index contributed by atoms with van der Waals surface area (Å²) in [5, 5.41) is 0. The van der Waals surface area contributed by atoms with Crippen molar-refractivity contribution in [3.05, 3.63) is 12.2 Å². The zero-order valence-electron chi connectivity index (χ0n) is 3.76. The Balaban J connectivity index is 2.60. The lowest BCUT2D eigenvalue weighted by molar-refractivity contribution is 1.26. The molecule has 0 aromatic carbocycles. The van der Waals surface area contributed by atoms with Gasteiger partial charge in [-0.1, -0.05) is 27.3 Å². The normalized spacial score (nSPS) is 31.8. The fraction of sp³-hybridized carbons (Fsp3) is 0.400. The Kier molecular flexibility index (Phi) is 1.07. The van der Waals surface area contributed by atoms with E-state index in [0.717, 1.165) is 5.66 Å². The molecule has 0 saturated carbocycles. The van der Waals surface area contributed by atoms with E-state index in [-0.39, 0.29) is 0 Å². The zero-order valence-corrected chi connectivity index (χ0v) is 4.65. The Morgan fingerprint density at radius 1 is 1.67 bits per heavy atom. The van der Waals surface area contributed by atoms with E-state index in [0.29, 0.717) is 0 Å². The lowest BCUT2D eigenvalue weighted by Gasteiger charge is -1.83. The predicted molar refractivity (Wildman–Crippen MR) is 31.6 cm³/mol. The van der Waals surface area contributed by atoms with Gasteiger partial charge in [-0.25, -0.2) is 0 Å². The fourth-order valence-corrected chi connectivity index (χ4v) is 1.11. The van der Waals surface area contributed by atoms with Gasteiger partial charge in [0.15, 0.2) is 0 Å². The van der Waals surface area contributed by atoms with Crippen molar-refractivity contribution < 1.29 is 0 Å². The molecule has 1 aliphatic heterocycles. The minimum absolute atomic E-state index is 0.782. The van der Waals surface area contributed by atoms with Crippen molar-refractivity contribution in [3.8, 4) is 0 Å². The van der Waals surface area contributed by atoms with Crippen molar-refractivity contribution in [3.63, 3.8) is 0 Å². The average Bonchev–Trinajstić information content (AvgIpc) is 1.86. The van der Waals surface area contributed by atoms with Gasteiger partial charge in [0, 0.05) is 5.66 Å². The van der Waals surface area contributed by atoms with Crippen molar-refractivity contribution in [1.82, 2.24) is 0 Å². The van der Waals surface area contributed by atoms with E-state index in [1.165, 1.54) is 8.20 Å². The van der Waals surface area contributed by atoms with E-state index < -0.39 is 0 Å². The Bertz CT molecular complexity index is 80.1. The lowest BCUT2D eigenvalue weighted by Crippen LogP contribution is -1.74. The highest BCUT2D eigenvalue weighted by atomic mass is 31.1. The lowest BCUT2D eigenvalue weighted by atomic mass is 10.4. The summed E-state index contributed by atoms with van der Waals surface area (Å²) in [5.74, 6) is 2.17. The van der Waals surface area contributed by atoms with Crippen molar-refractivity contribution in [2.45, 2.75) is 12.6 Å². The molecule has 0 spiro atoms. The molecule has 0 fully saturated rings. The second-order valence-electron chi connectivity index (χ2n) is 1.42. The van der Waals surface area contributed by atoms with Crippen molar-refractivity contribution in [2.75, 3.05) is 0 Å². The van der Waals surface area contributed by atoms with Gasteiger partial charge in [0.05, 0.1) is 0 Å². The summed E-state index contributed by atoms with van der Waals surface area (Å²) in [6.45, 7) is 2.21. The molecule has 0 nitrogen and oxygen atoms in total. The van der Waals surface area contributed by atoms with E-state index in [4.69, 9.17) is 0 Å². The predicted octanol–water partition coefficient (Wildman–Crippen LogP) is 1.69. The van der Waals surface area contributed by atoms with E-state index in [9.17, 15) is 0 Å². The molecule has 32 valence electrons. The van der Waals surface area contributed by atoms with Crippen LogP contribution in [0.5, 0.6) is 0 Å². The Hall–Kier alpha value is -0.0900. The maximum atomic E-state index is 2.21. The summed E-state index contributed by atoms with van der Waals surface area (Å²) >= 11 is 0. The van der Waals surface area contributed by atoms with Crippen LogP contribution in [0.15, 0.2) is 12.2 Å². The molecule has 0 saturated heterocycles. The maximum Gasteiger partial charge on any atom is 0.0163 e. The van der Waals surface area contributed by atoms with Gasteiger partial charge in [0.2, 0.25) is 0 Å². The molecular formula is C5H7P. The molecule has 1 rings (SSSR count). The first-order valence-corrected chi connectivity index (χ1v) is 3.13. The van der Waals surface area contributed by atoms with Crippen LogP contribution in [0.2, 0.25) is 0 Å². The van der Waals surface area contributed by atoms with Crippen LogP contribution in [0, 0.1) is 0 Å². The van der Waals surface area contributed by atoms with E-state index in [2.05, 4.69) is 24.9 Å². The van der Waals surface area contributed by atoms with Gasteiger partial charge in [-0.3, -0.25) is 0 Å². The van der Waals surface area contributed by atoms with Crippen LogP contribution < -0.4 is 0 Å². The first kappa shape index (κ1) is 4.08. The highest BCUT2D eigenvalue weighted by Crippen LogP contribution is 2.12. The van der Waals surface area contributed by atoms with Crippen LogP contribution in [0.4, 0.5) is 0 Å². The summed E-state index contributed by atoms with van der Waals surface area (Å²) in [7, 11) is 1.45. The summed E-state index contributed by atoms with van der Waals surface area (Å²) < 4.78 is 0. The first-order valence-electron chi connectivity index (χ1n) is 2.09. The smallest absolute Gasteiger partial charge is 0.0163 e. The number of hydrogen-bond donors (Lipinski definition) is 0. The SMILES string of the molecule is CC1C=CC=P1. The van der Waals surface area contributed by atoms with Crippen molar-refractivity contribution >= 4 is 14.0 Å². The van der Waals surface area contributed by atoms with Gasteiger partial charge in [0.25, 0.3) is 0 Å². The van der Waals surface area contributed by atoms with Crippen molar-refractivity contribution in [1.29, 1.82) is 0 Å². The summed E-state index contributed by atoms with van der Waals surface area (Å²) in [6.07, 6.45) is 4.33.